The van der Waals surface area contributed by atoms with Crippen molar-refractivity contribution in [1.82, 2.24) is 15.0 Å². The first kappa shape index (κ1) is 39.1. The number of benzene rings is 5. The Balaban J connectivity index is 0.000000169. The third-order valence-corrected chi connectivity index (χ3v) is 11.2. The monoisotopic (exact) mass is 780 g/mol. The molecule has 2 aliphatic heterocycles. The standard InChI is InChI=1S/C28H25N3O2.C22H23N3O/c32-27(20-8-2-1-3-9-20)21-14-16-31(17-15-21)26-13-7-5-11-24(26)28(33)30-23-18-22-10-4-6-12-25(22)29-19-23;1-17-8-7-13-24(16-17)25(22(26)18-9-3-2-4-10-18)20-14-19-11-5-6-12-21(19)23-15-20/h1-13,18-19,21H,14-17H2,(H,30,33);2-6,9-12,14-15,17H,7-8,13,16H2,1H3. The summed E-state index contributed by atoms with van der Waals surface area (Å²) < 4.78 is 0. The first-order valence-electron chi connectivity index (χ1n) is 20.5. The summed E-state index contributed by atoms with van der Waals surface area (Å²) in [5.74, 6) is 0.642. The van der Waals surface area contributed by atoms with Crippen LogP contribution in [0.15, 0.2) is 158 Å². The first-order chi connectivity index (χ1) is 28.9. The van der Waals surface area contributed by atoms with Gasteiger partial charge in [-0.3, -0.25) is 24.4 Å². The number of fused-ring (bicyclic) bond motifs is 2. The number of carbonyl (C=O) groups excluding carboxylic acids is 3. The van der Waals surface area contributed by atoms with Gasteiger partial charge < -0.3 is 10.2 Å². The van der Waals surface area contributed by atoms with Gasteiger partial charge in [0, 0.05) is 59.7 Å². The van der Waals surface area contributed by atoms with Crippen LogP contribution in [-0.4, -0.2) is 58.8 Å². The van der Waals surface area contributed by atoms with Crippen molar-refractivity contribution in [2.24, 2.45) is 11.8 Å². The van der Waals surface area contributed by atoms with Gasteiger partial charge in [-0.25, -0.2) is 10.0 Å². The highest BCUT2D eigenvalue weighted by atomic mass is 16.2. The maximum atomic E-state index is 13.3. The number of nitrogens with one attached hydrogen (secondary N) is 1. The molecule has 0 aliphatic carbocycles. The number of hydrazine groups is 1. The minimum Gasteiger partial charge on any atom is -0.371 e. The molecule has 1 unspecified atom stereocenters. The molecule has 9 rings (SSSR count). The number of pyridine rings is 2. The van der Waals surface area contributed by atoms with Gasteiger partial charge in [-0.2, -0.15) is 0 Å². The highest BCUT2D eigenvalue weighted by Crippen LogP contribution is 2.30. The van der Waals surface area contributed by atoms with E-state index in [1.54, 1.807) is 6.20 Å². The molecule has 0 radical (unpaired) electrons. The molecular formula is C50H48N6O3. The molecule has 0 spiro atoms. The van der Waals surface area contributed by atoms with Crippen molar-refractivity contribution in [3.63, 3.8) is 0 Å². The molecule has 2 aromatic heterocycles. The zero-order valence-electron chi connectivity index (χ0n) is 33.3. The largest absolute Gasteiger partial charge is 0.371 e. The highest BCUT2D eigenvalue weighted by Gasteiger charge is 2.29. The summed E-state index contributed by atoms with van der Waals surface area (Å²) in [5.41, 5.74) is 6.32. The van der Waals surface area contributed by atoms with Crippen molar-refractivity contribution in [2.45, 2.75) is 32.6 Å². The average molecular weight is 781 g/mol. The number of Topliss-reactive ketones (excluding diaryl/α,β-unsaturated/α-hetero) is 1. The fraction of sp³-hybridized carbons (Fsp3) is 0.220. The third-order valence-electron chi connectivity index (χ3n) is 11.2. The van der Waals surface area contributed by atoms with E-state index in [4.69, 9.17) is 0 Å². The predicted octanol–water partition coefficient (Wildman–Crippen LogP) is 10.1. The van der Waals surface area contributed by atoms with Crippen molar-refractivity contribution in [3.8, 4) is 0 Å². The molecule has 4 heterocycles. The molecule has 7 aromatic rings. The van der Waals surface area contributed by atoms with Gasteiger partial charge in [-0.15, -0.1) is 0 Å². The minimum atomic E-state index is -0.162. The number of hydrogen-bond acceptors (Lipinski definition) is 7. The van der Waals surface area contributed by atoms with Crippen molar-refractivity contribution >= 4 is 56.5 Å². The summed E-state index contributed by atoms with van der Waals surface area (Å²) in [4.78, 5) is 50.5. The van der Waals surface area contributed by atoms with Gasteiger partial charge in [-0.1, -0.05) is 104 Å². The number of piperidine rings is 2. The molecule has 9 nitrogen and oxygen atoms in total. The minimum absolute atomic E-state index is 0.00298. The second-order valence-corrected chi connectivity index (χ2v) is 15.4. The van der Waals surface area contributed by atoms with E-state index < -0.39 is 0 Å². The Morgan fingerprint density at radius 1 is 0.644 bits per heavy atom. The number of ketones is 1. The summed E-state index contributed by atoms with van der Waals surface area (Å²) in [6.07, 6.45) is 7.35. The van der Waals surface area contributed by atoms with Crippen LogP contribution in [0.4, 0.5) is 17.1 Å². The molecule has 5 aromatic carbocycles. The van der Waals surface area contributed by atoms with Crippen LogP contribution in [0.2, 0.25) is 0 Å². The van der Waals surface area contributed by atoms with Gasteiger partial charge in [0.2, 0.25) is 0 Å². The van der Waals surface area contributed by atoms with Crippen molar-refractivity contribution < 1.29 is 14.4 Å². The lowest BCUT2D eigenvalue weighted by Crippen LogP contribution is -2.51. The Kier molecular flexibility index (Phi) is 12.1. The van der Waals surface area contributed by atoms with Crippen molar-refractivity contribution in [2.75, 3.05) is 41.4 Å². The summed E-state index contributed by atoms with van der Waals surface area (Å²) in [6, 6.07) is 46.5. The maximum absolute atomic E-state index is 13.3. The number of anilines is 3. The van der Waals surface area contributed by atoms with Crippen LogP contribution in [-0.2, 0) is 0 Å². The van der Waals surface area contributed by atoms with E-state index in [0.717, 1.165) is 84.2 Å². The number of carbonyl (C=O) groups is 3. The molecular weight excluding hydrogens is 733 g/mol. The smallest absolute Gasteiger partial charge is 0.272 e. The Bertz CT molecular complexity index is 2560. The molecule has 59 heavy (non-hydrogen) atoms. The number of amides is 2. The highest BCUT2D eigenvalue weighted by molar-refractivity contribution is 6.09. The Morgan fingerprint density at radius 2 is 1.24 bits per heavy atom. The van der Waals surface area contributed by atoms with Crippen molar-refractivity contribution in [3.05, 3.63) is 175 Å². The molecule has 0 saturated carbocycles. The molecule has 1 N–H and O–H groups in total. The Hall–Kier alpha value is -6.71. The molecule has 2 fully saturated rings. The quantitative estimate of drug-likeness (QED) is 0.153. The molecule has 296 valence electrons. The summed E-state index contributed by atoms with van der Waals surface area (Å²) in [7, 11) is 0. The van der Waals surface area contributed by atoms with E-state index >= 15 is 0 Å². The molecule has 2 amide bonds. The number of para-hydroxylation sites is 3. The van der Waals surface area contributed by atoms with Crippen LogP contribution in [0.1, 0.15) is 63.7 Å². The van der Waals surface area contributed by atoms with Gasteiger partial charge in [-0.05, 0) is 80.1 Å². The predicted molar refractivity (Wildman–Crippen MR) is 237 cm³/mol. The molecule has 2 saturated heterocycles. The van der Waals surface area contributed by atoms with Crippen LogP contribution in [0, 0.1) is 11.8 Å². The number of rotatable bonds is 8. The Labute approximate surface area is 345 Å². The van der Waals surface area contributed by atoms with Gasteiger partial charge in [0.1, 0.15) is 0 Å². The maximum Gasteiger partial charge on any atom is 0.272 e. The average Bonchev–Trinajstić information content (AvgIpc) is 3.29. The molecule has 9 heteroatoms. The number of aromatic nitrogens is 2. The van der Waals surface area contributed by atoms with Gasteiger partial charge in [0.05, 0.1) is 40.4 Å². The first-order valence-corrected chi connectivity index (χ1v) is 20.5. The van der Waals surface area contributed by atoms with E-state index in [-0.39, 0.29) is 23.5 Å². The fourth-order valence-electron chi connectivity index (χ4n) is 8.13. The van der Waals surface area contributed by atoms with E-state index in [0.29, 0.717) is 22.7 Å². The van der Waals surface area contributed by atoms with Crippen LogP contribution < -0.4 is 15.2 Å². The van der Waals surface area contributed by atoms with E-state index in [9.17, 15) is 14.4 Å². The van der Waals surface area contributed by atoms with E-state index in [1.165, 1.54) is 6.42 Å². The van der Waals surface area contributed by atoms with E-state index in [1.807, 2.05) is 151 Å². The lowest BCUT2D eigenvalue weighted by atomic mass is 9.88. The molecule has 2 aliphatic rings. The molecule has 1 atom stereocenters. The van der Waals surface area contributed by atoms with Gasteiger partial charge in [0.25, 0.3) is 11.8 Å². The zero-order chi connectivity index (χ0) is 40.6. The van der Waals surface area contributed by atoms with Crippen LogP contribution in [0.3, 0.4) is 0 Å². The Morgan fingerprint density at radius 3 is 1.93 bits per heavy atom. The van der Waals surface area contributed by atoms with Gasteiger partial charge >= 0.3 is 0 Å². The summed E-state index contributed by atoms with van der Waals surface area (Å²) in [6.45, 7) is 5.49. The second kappa shape index (κ2) is 18.3. The summed E-state index contributed by atoms with van der Waals surface area (Å²) in [5, 5.41) is 9.02. The molecule has 0 bridgehead atoms. The van der Waals surface area contributed by atoms with Crippen molar-refractivity contribution in [1.29, 1.82) is 0 Å². The fourth-order valence-corrected chi connectivity index (χ4v) is 8.13. The number of nitrogens with zero attached hydrogens (tertiary/aromatic N) is 5. The topological polar surface area (TPSA) is 98.7 Å². The summed E-state index contributed by atoms with van der Waals surface area (Å²) >= 11 is 0. The van der Waals surface area contributed by atoms with Crippen LogP contribution >= 0.6 is 0 Å². The SMILES string of the molecule is CC1CCCN(N(C(=O)c2ccccc2)c2cnc3ccccc3c2)C1.O=C(Nc1cnc2ccccc2c1)c1ccccc1N1CCC(C(=O)c2ccccc2)CC1. The van der Waals surface area contributed by atoms with Crippen LogP contribution in [0.5, 0.6) is 0 Å². The van der Waals surface area contributed by atoms with Crippen LogP contribution in [0.25, 0.3) is 21.8 Å². The van der Waals surface area contributed by atoms with Gasteiger partial charge in [0.15, 0.2) is 5.78 Å². The van der Waals surface area contributed by atoms with E-state index in [2.05, 4.69) is 38.2 Å². The lowest BCUT2D eigenvalue weighted by Gasteiger charge is -2.39. The zero-order valence-corrected chi connectivity index (χ0v) is 33.3. The lowest BCUT2D eigenvalue weighted by molar-refractivity contribution is 0.0840. The normalized spacial score (nSPS) is 15.9. The third kappa shape index (κ3) is 9.21. The second-order valence-electron chi connectivity index (χ2n) is 15.4. The number of hydrogen-bond donors (Lipinski definition) is 1.